The van der Waals surface area contributed by atoms with Gasteiger partial charge in [-0.05, 0) is 37.1 Å². The van der Waals surface area contributed by atoms with E-state index in [4.69, 9.17) is 4.74 Å². The van der Waals surface area contributed by atoms with Crippen LogP contribution in [0.25, 0.3) is 0 Å². The van der Waals surface area contributed by atoms with Crippen LogP contribution in [0.1, 0.15) is 27.0 Å². The van der Waals surface area contributed by atoms with Gasteiger partial charge in [-0.1, -0.05) is 35.9 Å². The fourth-order valence-corrected chi connectivity index (χ4v) is 2.66. The summed E-state index contributed by atoms with van der Waals surface area (Å²) in [4.78, 5) is 24.3. The van der Waals surface area contributed by atoms with Crippen LogP contribution < -0.4 is 15.6 Å². The molecule has 118 valence electrons. The van der Waals surface area contributed by atoms with Crippen LogP contribution in [0.4, 0.5) is 0 Å². The van der Waals surface area contributed by atoms with Crippen LogP contribution in [0.5, 0.6) is 5.75 Å². The number of carbonyl (C=O) groups is 2. The van der Waals surface area contributed by atoms with Gasteiger partial charge in [0.1, 0.15) is 5.75 Å². The second-order valence-corrected chi connectivity index (χ2v) is 5.68. The van der Waals surface area contributed by atoms with Gasteiger partial charge in [0.2, 0.25) is 0 Å². The molecular formula is C18H18N2O3. The first-order chi connectivity index (χ1) is 11.0. The van der Waals surface area contributed by atoms with E-state index in [1.165, 1.54) is 0 Å². The summed E-state index contributed by atoms with van der Waals surface area (Å²) in [5, 5.41) is 0. The van der Waals surface area contributed by atoms with E-state index in [-0.39, 0.29) is 11.8 Å². The van der Waals surface area contributed by atoms with Crippen LogP contribution in [-0.4, -0.2) is 17.9 Å². The number of nitrogens with one attached hydrogen (secondary N) is 2. The second kappa shape index (κ2) is 6.12. The highest BCUT2D eigenvalue weighted by molar-refractivity contribution is 5.97. The molecule has 0 saturated carbocycles. The molecule has 1 atom stereocenters. The molecule has 2 aromatic carbocycles. The lowest BCUT2D eigenvalue weighted by Gasteiger charge is -2.13. The third kappa shape index (κ3) is 3.18. The molecule has 2 amide bonds. The van der Waals surface area contributed by atoms with Gasteiger partial charge in [-0.3, -0.25) is 20.4 Å². The van der Waals surface area contributed by atoms with Crippen molar-refractivity contribution in [3.8, 4) is 5.75 Å². The Hall–Kier alpha value is -2.82. The Morgan fingerprint density at radius 1 is 1.09 bits per heavy atom. The molecule has 0 radical (unpaired) electrons. The minimum Gasteiger partial charge on any atom is -0.480 e. The molecule has 0 aliphatic carbocycles. The summed E-state index contributed by atoms with van der Waals surface area (Å²) in [7, 11) is 0. The number of carbonyl (C=O) groups excluding carboxylic acids is 2. The molecular weight excluding hydrogens is 292 g/mol. The third-order valence-electron chi connectivity index (χ3n) is 3.87. The van der Waals surface area contributed by atoms with E-state index in [0.29, 0.717) is 17.7 Å². The summed E-state index contributed by atoms with van der Waals surface area (Å²) in [6.45, 7) is 3.83. The van der Waals surface area contributed by atoms with Gasteiger partial charge in [0.05, 0.1) is 0 Å². The Labute approximate surface area is 134 Å². The lowest BCUT2D eigenvalue weighted by molar-refractivity contribution is -0.128. The van der Waals surface area contributed by atoms with Crippen molar-refractivity contribution in [1.29, 1.82) is 0 Å². The summed E-state index contributed by atoms with van der Waals surface area (Å²) in [5.41, 5.74) is 8.35. The van der Waals surface area contributed by atoms with E-state index in [2.05, 4.69) is 10.9 Å². The first-order valence-corrected chi connectivity index (χ1v) is 7.46. The van der Waals surface area contributed by atoms with Crippen LogP contribution in [0.3, 0.4) is 0 Å². The monoisotopic (exact) mass is 310 g/mol. The Kier molecular flexibility index (Phi) is 4.02. The highest BCUT2D eigenvalue weighted by Crippen LogP contribution is 2.27. The summed E-state index contributed by atoms with van der Waals surface area (Å²) in [5.74, 6) is 0.0130. The molecule has 0 unspecified atom stereocenters. The highest BCUT2D eigenvalue weighted by atomic mass is 16.5. The van der Waals surface area contributed by atoms with Gasteiger partial charge >= 0.3 is 0 Å². The standard InChI is InChI=1S/C18H18N2O3/c1-11-7-8-14(12(2)9-11)17(21)19-20-18(22)16-10-13-5-3-4-6-15(13)23-16/h3-9,16H,10H2,1-2H3,(H,19,21)(H,20,22)/t16-/m1/s1. The number of hydrazine groups is 1. The zero-order valence-corrected chi connectivity index (χ0v) is 13.1. The van der Waals surface area contributed by atoms with Gasteiger partial charge in [-0.15, -0.1) is 0 Å². The number of benzene rings is 2. The number of hydrogen-bond acceptors (Lipinski definition) is 3. The number of ether oxygens (including phenoxy) is 1. The summed E-state index contributed by atoms with van der Waals surface area (Å²) in [6.07, 6.45) is -0.117. The Morgan fingerprint density at radius 2 is 1.87 bits per heavy atom. The van der Waals surface area contributed by atoms with E-state index in [1.807, 2.05) is 50.2 Å². The lowest BCUT2D eigenvalue weighted by atomic mass is 10.1. The molecule has 5 nitrogen and oxygen atoms in total. The molecule has 23 heavy (non-hydrogen) atoms. The number of aryl methyl sites for hydroxylation is 2. The molecule has 2 aromatic rings. The van der Waals surface area contributed by atoms with Crippen molar-refractivity contribution >= 4 is 11.8 Å². The maximum atomic E-state index is 12.1. The Morgan fingerprint density at radius 3 is 2.61 bits per heavy atom. The van der Waals surface area contributed by atoms with Crippen molar-refractivity contribution in [2.24, 2.45) is 0 Å². The molecule has 3 rings (SSSR count). The third-order valence-corrected chi connectivity index (χ3v) is 3.87. The number of amides is 2. The lowest BCUT2D eigenvalue weighted by Crippen LogP contribution is -2.47. The van der Waals surface area contributed by atoms with Crippen molar-refractivity contribution in [2.75, 3.05) is 0 Å². The van der Waals surface area contributed by atoms with Gasteiger partial charge in [0.25, 0.3) is 11.8 Å². The van der Waals surface area contributed by atoms with Crippen molar-refractivity contribution in [2.45, 2.75) is 26.4 Å². The van der Waals surface area contributed by atoms with Crippen molar-refractivity contribution < 1.29 is 14.3 Å². The zero-order chi connectivity index (χ0) is 16.4. The van der Waals surface area contributed by atoms with E-state index in [0.717, 1.165) is 16.7 Å². The normalized spacial score (nSPS) is 15.5. The van der Waals surface area contributed by atoms with E-state index >= 15 is 0 Å². The van der Waals surface area contributed by atoms with Gasteiger partial charge in [0.15, 0.2) is 6.10 Å². The maximum absolute atomic E-state index is 12.1. The zero-order valence-electron chi connectivity index (χ0n) is 13.1. The molecule has 2 N–H and O–H groups in total. The number of rotatable bonds is 2. The predicted octanol–water partition coefficient (Wildman–Crippen LogP) is 2.07. The minimum atomic E-state index is -0.619. The van der Waals surface area contributed by atoms with Crippen molar-refractivity contribution in [3.05, 3.63) is 64.7 Å². The predicted molar refractivity (Wildman–Crippen MR) is 86.1 cm³/mol. The number of hydrogen-bond donors (Lipinski definition) is 2. The molecule has 0 spiro atoms. The van der Waals surface area contributed by atoms with E-state index in [9.17, 15) is 9.59 Å². The Balaban J connectivity index is 1.58. The average molecular weight is 310 g/mol. The van der Waals surface area contributed by atoms with Crippen LogP contribution >= 0.6 is 0 Å². The van der Waals surface area contributed by atoms with Crippen molar-refractivity contribution in [1.82, 2.24) is 10.9 Å². The SMILES string of the molecule is Cc1ccc(C(=O)NNC(=O)[C@H]2Cc3ccccc3O2)c(C)c1. The maximum Gasteiger partial charge on any atom is 0.279 e. The van der Waals surface area contributed by atoms with Gasteiger partial charge < -0.3 is 4.74 Å². The summed E-state index contributed by atoms with van der Waals surface area (Å²) in [6, 6.07) is 13.1. The van der Waals surface area contributed by atoms with Gasteiger partial charge in [-0.25, -0.2) is 0 Å². The van der Waals surface area contributed by atoms with E-state index < -0.39 is 6.10 Å². The molecule has 5 heteroatoms. The van der Waals surface area contributed by atoms with Crippen LogP contribution in [0.15, 0.2) is 42.5 Å². The van der Waals surface area contributed by atoms with Crippen LogP contribution in [-0.2, 0) is 11.2 Å². The second-order valence-electron chi connectivity index (χ2n) is 5.68. The first kappa shape index (κ1) is 15.1. The largest absolute Gasteiger partial charge is 0.480 e. The highest BCUT2D eigenvalue weighted by Gasteiger charge is 2.29. The summed E-state index contributed by atoms with van der Waals surface area (Å²) < 4.78 is 5.58. The number of fused-ring (bicyclic) bond motifs is 1. The van der Waals surface area contributed by atoms with Crippen LogP contribution in [0, 0.1) is 13.8 Å². The fraction of sp³-hybridized carbons (Fsp3) is 0.222. The molecule has 0 bridgehead atoms. The van der Waals surface area contributed by atoms with Gasteiger partial charge in [-0.2, -0.15) is 0 Å². The quantitative estimate of drug-likeness (QED) is 0.835. The molecule has 1 heterocycles. The summed E-state index contributed by atoms with van der Waals surface area (Å²) >= 11 is 0. The molecule has 0 aromatic heterocycles. The minimum absolute atomic E-state index is 0.341. The van der Waals surface area contributed by atoms with E-state index in [1.54, 1.807) is 6.07 Å². The molecule has 0 saturated heterocycles. The smallest absolute Gasteiger partial charge is 0.279 e. The molecule has 1 aliphatic heterocycles. The van der Waals surface area contributed by atoms with Gasteiger partial charge in [0, 0.05) is 12.0 Å². The first-order valence-electron chi connectivity index (χ1n) is 7.46. The fourth-order valence-electron chi connectivity index (χ4n) is 2.66. The molecule has 1 aliphatic rings. The average Bonchev–Trinajstić information content (AvgIpc) is 2.96. The number of para-hydroxylation sites is 1. The topological polar surface area (TPSA) is 67.4 Å². The Bertz CT molecular complexity index is 746. The molecule has 0 fully saturated rings. The van der Waals surface area contributed by atoms with Crippen molar-refractivity contribution in [3.63, 3.8) is 0 Å². The van der Waals surface area contributed by atoms with Crippen LogP contribution in [0.2, 0.25) is 0 Å².